The Kier molecular flexibility index (Phi) is 3.71. The van der Waals surface area contributed by atoms with Gasteiger partial charge in [-0.3, -0.25) is 9.69 Å². The first kappa shape index (κ1) is 13.1. The predicted octanol–water partition coefficient (Wildman–Crippen LogP) is 3.08. The second kappa shape index (κ2) is 5.11. The summed E-state index contributed by atoms with van der Waals surface area (Å²) in [5, 5.41) is 9.15. The summed E-state index contributed by atoms with van der Waals surface area (Å²) in [4.78, 5) is 13.5. The Morgan fingerprint density at radius 3 is 2.56 bits per heavy atom. The number of likely N-dealkylation sites (tertiary alicyclic amines) is 1. The van der Waals surface area contributed by atoms with Crippen LogP contribution in [0.2, 0.25) is 0 Å². The van der Waals surface area contributed by atoms with Crippen LogP contribution in [0.4, 0.5) is 0 Å². The molecule has 1 N–H and O–H groups in total. The highest BCUT2D eigenvalue weighted by molar-refractivity contribution is 5.68. The molecule has 1 aliphatic heterocycles. The fourth-order valence-corrected chi connectivity index (χ4v) is 2.95. The van der Waals surface area contributed by atoms with Gasteiger partial charge < -0.3 is 5.11 Å². The minimum atomic E-state index is -0.730. The second-order valence-electron chi connectivity index (χ2n) is 5.63. The van der Waals surface area contributed by atoms with Gasteiger partial charge in [0.2, 0.25) is 0 Å². The van der Waals surface area contributed by atoms with E-state index in [1.807, 2.05) is 30.3 Å². The van der Waals surface area contributed by atoms with Gasteiger partial charge in [0.1, 0.15) is 0 Å². The highest BCUT2D eigenvalue weighted by Crippen LogP contribution is 2.37. The van der Waals surface area contributed by atoms with Crippen molar-refractivity contribution in [3.8, 4) is 0 Å². The minimum absolute atomic E-state index is 0.0128. The van der Waals surface area contributed by atoms with Crippen molar-refractivity contribution in [3.05, 3.63) is 35.9 Å². The summed E-state index contributed by atoms with van der Waals surface area (Å²) in [5.74, 6) is -0.730. The van der Waals surface area contributed by atoms with E-state index in [0.717, 1.165) is 24.9 Å². The van der Waals surface area contributed by atoms with E-state index in [1.54, 1.807) is 0 Å². The van der Waals surface area contributed by atoms with Crippen molar-refractivity contribution < 1.29 is 9.90 Å². The summed E-state index contributed by atoms with van der Waals surface area (Å²) in [7, 11) is 0. The normalized spacial score (nSPS) is 20.8. The van der Waals surface area contributed by atoms with Crippen molar-refractivity contribution in [2.45, 2.75) is 44.7 Å². The fourth-order valence-electron chi connectivity index (χ4n) is 2.95. The number of hydrogen-bond acceptors (Lipinski definition) is 2. The average molecular weight is 247 g/mol. The number of carboxylic acid groups (broad SMARTS) is 1. The Morgan fingerprint density at radius 1 is 1.39 bits per heavy atom. The Labute approximate surface area is 108 Å². The summed E-state index contributed by atoms with van der Waals surface area (Å²) in [6, 6.07) is 9.97. The van der Waals surface area contributed by atoms with Gasteiger partial charge in [-0.05, 0) is 38.8 Å². The number of nitrogens with zero attached hydrogens (tertiary/aromatic N) is 1. The topological polar surface area (TPSA) is 40.5 Å². The van der Waals surface area contributed by atoms with Crippen molar-refractivity contribution in [2.24, 2.45) is 0 Å². The lowest BCUT2D eigenvalue weighted by Crippen LogP contribution is -2.41. The summed E-state index contributed by atoms with van der Waals surface area (Å²) in [6.07, 6.45) is 2.46. The third-order valence-corrected chi connectivity index (χ3v) is 3.89. The monoisotopic (exact) mass is 247 g/mol. The summed E-state index contributed by atoms with van der Waals surface area (Å²) in [6.45, 7) is 5.40. The fraction of sp³-hybridized carbons (Fsp3) is 0.533. The zero-order valence-corrected chi connectivity index (χ0v) is 11.1. The van der Waals surface area contributed by atoms with Gasteiger partial charge in [-0.25, -0.2) is 0 Å². The van der Waals surface area contributed by atoms with Crippen LogP contribution in [-0.2, 0) is 4.79 Å². The molecule has 0 bridgehead atoms. The number of carboxylic acids is 1. The van der Waals surface area contributed by atoms with Gasteiger partial charge in [0.15, 0.2) is 0 Å². The molecule has 0 aromatic heterocycles. The molecule has 1 saturated heterocycles. The summed E-state index contributed by atoms with van der Waals surface area (Å²) < 4.78 is 0. The molecule has 18 heavy (non-hydrogen) atoms. The Hall–Kier alpha value is -1.35. The second-order valence-corrected chi connectivity index (χ2v) is 5.63. The summed E-state index contributed by atoms with van der Waals surface area (Å²) >= 11 is 0. The van der Waals surface area contributed by atoms with E-state index in [4.69, 9.17) is 5.11 Å². The van der Waals surface area contributed by atoms with E-state index in [9.17, 15) is 4.79 Å². The van der Waals surface area contributed by atoms with E-state index in [2.05, 4.69) is 18.7 Å². The standard InChI is InChI=1S/C15H21NO2/c1-15(2)9-6-10-16(15)13(11-14(17)18)12-7-4-3-5-8-12/h3-5,7-8,13H,6,9-11H2,1-2H3,(H,17,18). The highest BCUT2D eigenvalue weighted by atomic mass is 16.4. The van der Waals surface area contributed by atoms with Crippen molar-refractivity contribution >= 4 is 5.97 Å². The Morgan fingerprint density at radius 2 is 2.06 bits per heavy atom. The number of hydrogen-bond donors (Lipinski definition) is 1. The Balaban J connectivity index is 2.28. The van der Waals surface area contributed by atoms with Crippen LogP contribution in [0.3, 0.4) is 0 Å². The van der Waals surface area contributed by atoms with Crippen molar-refractivity contribution in [1.82, 2.24) is 4.90 Å². The van der Waals surface area contributed by atoms with E-state index in [1.165, 1.54) is 0 Å². The third-order valence-electron chi connectivity index (χ3n) is 3.89. The molecule has 1 fully saturated rings. The molecule has 0 radical (unpaired) electrons. The average Bonchev–Trinajstić information content (AvgIpc) is 2.67. The molecule has 0 aliphatic carbocycles. The summed E-state index contributed by atoms with van der Waals surface area (Å²) in [5.41, 5.74) is 1.20. The molecule has 0 spiro atoms. The number of carbonyl (C=O) groups is 1. The van der Waals surface area contributed by atoms with E-state index in [0.29, 0.717) is 0 Å². The molecule has 2 rings (SSSR count). The number of rotatable bonds is 4. The predicted molar refractivity (Wildman–Crippen MR) is 71.5 cm³/mol. The van der Waals surface area contributed by atoms with Crippen molar-refractivity contribution in [3.63, 3.8) is 0 Å². The molecule has 1 heterocycles. The van der Waals surface area contributed by atoms with Crippen LogP contribution >= 0.6 is 0 Å². The zero-order valence-electron chi connectivity index (χ0n) is 11.1. The molecule has 3 heteroatoms. The first-order chi connectivity index (χ1) is 8.50. The molecule has 1 aromatic rings. The largest absolute Gasteiger partial charge is 0.481 e. The van der Waals surface area contributed by atoms with Gasteiger partial charge in [-0.2, -0.15) is 0 Å². The highest BCUT2D eigenvalue weighted by Gasteiger charge is 2.37. The van der Waals surface area contributed by atoms with Crippen LogP contribution < -0.4 is 0 Å². The molecule has 1 atom stereocenters. The third kappa shape index (κ3) is 2.72. The van der Waals surface area contributed by atoms with Gasteiger partial charge in [-0.1, -0.05) is 30.3 Å². The smallest absolute Gasteiger partial charge is 0.305 e. The molecule has 0 amide bonds. The maximum Gasteiger partial charge on any atom is 0.305 e. The van der Waals surface area contributed by atoms with E-state index < -0.39 is 5.97 Å². The maximum atomic E-state index is 11.1. The zero-order chi connectivity index (χ0) is 13.2. The number of aliphatic carboxylic acids is 1. The van der Waals surface area contributed by atoms with Crippen LogP contribution in [-0.4, -0.2) is 28.1 Å². The lowest BCUT2D eigenvalue weighted by Gasteiger charge is -2.38. The van der Waals surface area contributed by atoms with Crippen LogP contribution in [0.1, 0.15) is 44.7 Å². The first-order valence-electron chi connectivity index (χ1n) is 6.54. The van der Waals surface area contributed by atoms with E-state index in [-0.39, 0.29) is 18.0 Å². The van der Waals surface area contributed by atoms with Gasteiger partial charge in [-0.15, -0.1) is 0 Å². The van der Waals surface area contributed by atoms with Crippen molar-refractivity contribution in [2.75, 3.05) is 6.54 Å². The van der Waals surface area contributed by atoms with Gasteiger partial charge in [0, 0.05) is 11.6 Å². The van der Waals surface area contributed by atoms with Crippen LogP contribution in [0.5, 0.6) is 0 Å². The molecule has 1 aromatic carbocycles. The van der Waals surface area contributed by atoms with Crippen LogP contribution in [0.15, 0.2) is 30.3 Å². The molecule has 3 nitrogen and oxygen atoms in total. The lowest BCUT2D eigenvalue weighted by molar-refractivity contribution is -0.138. The van der Waals surface area contributed by atoms with Crippen molar-refractivity contribution in [1.29, 1.82) is 0 Å². The van der Waals surface area contributed by atoms with Crippen LogP contribution in [0, 0.1) is 0 Å². The van der Waals surface area contributed by atoms with Gasteiger partial charge >= 0.3 is 5.97 Å². The molecule has 1 unspecified atom stereocenters. The molecule has 98 valence electrons. The first-order valence-corrected chi connectivity index (χ1v) is 6.54. The quantitative estimate of drug-likeness (QED) is 0.889. The van der Waals surface area contributed by atoms with E-state index >= 15 is 0 Å². The van der Waals surface area contributed by atoms with Gasteiger partial charge in [0.25, 0.3) is 0 Å². The van der Waals surface area contributed by atoms with Crippen LogP contribution in [0.25, 0.3) is 0 Å². The molecule has 1 aliphatic rings. The SMILES string of the molecule is CC1(C)CCCN1C(CC(=O)O)c1ccccc1. The van der Waals surface area contributed by atoms with Gasteiger partial charge in [0.05, 0.1) is 6.42 Å². The Bertz CT molecular complexity index is 414. The molecular weight excluding hydrogens is 226 g/mol. The number of benzene rings is 1. The minimum Gasteiger partial charge on any atom is -0.481 e. The lowest BCUT2D eigenvalue weighted by atomic mass is 9.95. The molecular formula is C15H21NO2. The molecule has 0 saturated carbocycles. The maximum absolute atomic E-state index is 11.1.